The van der Waals surface area contributed by atoms with Crippen molar-refractivity contribution in [2.75, 3.05) is 25.0 Å². The summed E-state index contributed by atoms with van der Waals surface area (Å²) in [5.41, 5.74) is 9.11. The lowest BCUT2D eigenvalue weighted by Gasteiger charge is -2.29. The van der Waals surface area contributed by atoms with Crippen molar-refractivity contribution in [3.63, 3.8) is 0 Å². The first-order chi connectivity index (χ1) is 8.76. The second-order valence-electron chi connectivity index (χ2n) is 4.67. The molecule has 1 aliphatic heterocycles. The number of anilines is 1. The van der Waals surface area contributed by atoms with Gasteiger partial charge in [0.2, 0.25) is 5.91 Å². The second kappa shape index (κ2) is 5.98. The van der Waals surface area contributed by atoms with Gasteiger partial charge >= 0.3 is 0 Å². The maximum absolute atomic E-state index is 12.0. The van der Waals surface area contributed by atoms with E-state index in [4.69, 9.17) is 5.73 Å². The summed E-state index contributed by atoms with van der Waals surface area (Å²) < 4.78 is 0. The van der Waals surface area contributed by atoms with E-state index in [9.17, 15) is 4.79 Å². The van der Waals surface area contributed by atoms with Gasteiger partial charge in [-0.2, -0.15) is 0 Å². The zero-order valence-corrected chi connectivity index (χ0v) is 10.9. The Bertz CT molecular complexity index is 431. The molecule has 1 aromatic carbocycles. The monoisotopic (exact) mass is 247 g/mol. The van der Waals surface area contributed by atoms with Crippen LogP contribution in [0.4, 0.5) is 5.69 Å². The Morgan fingerprint density at radius 1 is 1.39 bits per heavy atom. The summed E-state index contributed by atoms with van der Waals surface area (Å²) in [5, 5.41) is 3.11. The van der Waals surface area contributed by atoms with Crippen LogP contribution in [0.15, 0.2) is 18.2 Å². The number of nitrogens with zero attached hydrogens (tertiary/aromatic N) is 1. The van der Waals surface area contributed by atoms with Crippen molar-refractivity contribution in [2.24, 2.45) is 5.73 Å². The number of nitrogens with one attached hydrogen (secondary N) is 1. The molecule has 0 unspecified atom stereocenters. The van der Waals surface area contributed by atoms with Crippen LogP contribution in [0.25, 0.3) is 0 Å². The third-order valence-electron chi connectivity index (χ3n) is 3.39. The zero-order valence-electron chi connectivity index (χ0n) is 10.9. The van der Waals surface area contributed by atoms with Crippen molar-refractivity contribution in [3.05, 3.63) is 29.3 Å². The van der Waals surface area contributed by atoms with Gasteiger partial charge in [-0.1, -0.05) is 12.1 Å². The lowest BCUT2D eigenvalue weighted by Crippen LogP contribution is -2.36. The molecule has 4 heteroatoms. The van der Waals surface area contributed by atoms with E-state index >= 15 is 0 Å². The first-order valence-corrected chi connectivity index (χ1v) is 6.53. The third kappa shape index (κ3) is 2.71. The molecule has 0 aliphatic carbocycles. The minimum atomic E-state index is 0.235. The van der Waals surface area contributed by atoms with Crippen LogP contribution in [0, 0.1) is 0 Å². The molecular weight excluding hydrogens is 226 g/mol. The lowest BCUT2D eigenvalue weighted by atomic mass is 9.98. The number of amides is 1. The number of carbonyl (C=O) groups is 1. The molecule has 0 spiro atoms. The van der Waals surface area contributed by atoms with E-state index in [0.29, 0.717) is 13.0 Å². The average molecular weight is 247 g/mol. The zero-order chi connectivity index (χ0) is 13.0. The van der Waals surface area contributed by atoms with Gasteiger partial charge < -0.3 is 16.0 Å². The average Bonchev–Trinajstić information content (AvgIpc) is 2.41. The molecule has 18 heavy (non-hydrogen) atoms. The molecule has 0 bridgehead atoms. The second-order valence-corrected chi connectivity index (χ2v) is 4.67. The Hall–Kier alpha value is -1.39. The summed E-state index contributed by atoms with van der Waals surface area (Å²) in [6.45, 7) is 2.27. The Balaban J connectivity index is 2.18. The lowest BCUT2D eigenvalue weighted by molar-refractivity contribution is -0.118. The molecule has 0 radical (unpaired) electrons. The number of aryl methyl sites for hydroxylation is 1. The number of rotatable bonds is 5. The molecule has 0 saturated carbocycles. The summed E-state index contributed by atoms with van der Waals surface area (Å²) in [6.07, 6.45) is 2.42. The van der Waals surface area contributed by atoms with E-state index in [2.05, 4.69) is 11.4 Å². The molecule has 1 amide bonds. The van der Waals surface area contributed by atoms with Crippen molar-refractivity contribution in [3.8, 4) is 0 Å². The van der Waals surface area contributed by atoms with Gasteiger partial charge in [-0.15, -0.1) is 0 Å². The summed E-state index contributed by atoms with van der Waals surface area (Å²) >= 11 is 0. The summed E-state index contributed by atoms with van der Waals surface area (Å²) in [5.74, 6) is 0.235. The standard InChI is InChI=1S/C14H21N3O/c1-16-7-2-8-17-13-5-3-11(10-15)9-12(13)4-6-14(17)18/h3,5,9,16H,2,4,6-8,10,15H2,1H3. The van der Waals surface area contributed by atoms with Gasteiger partial charge in [-0.3, -0.25) is 4.79 Å². The molecule has 1 heterocycles. The highest BCUT2D eigenvalue weighted by atomic mass is 16.2. The molecule has 4 nitrogen and oxygen atoms in total. The van der Waals surface area contributed by atoms with Crippen molar-refractivity contribution >= 4 is 11.6 Å². The predicted molar refractivity (Wildman–Crippen MR) is 73.6 cm³/mol. The Morgan fingerprint density at radius 3 is 2.94 bits per heavy atom. The van der Waals surface area contributed by atoms with Crippen molar-refractivity contribution in [1.29, 1.82) is 0 Å². The fourth-order valence-electron chi connectivity index (χ4n) is 2.40. The highest BCUT2D eigenvalue weighted by Gasteiger charge is 2.23. The topological polar surface area (TPSA) is 58.4 Å². The molecule has 3 N–H and O–H groups in total. The van der Waals surface area contributed by atoms with Crippen molar-refractivity contribution < 1.29 is 4.79 Å². The quantitative estimate of drug-likeness (QED) is 0.764. The fourth-order valence-corrected chi connectivity index (χ4v) is 2.40. The Morgan fingerprint density at radius 2 is 2.22 bits per heavy atom. The van der Waals surface area contributed by atoms with Gasteiger partial charge in [0.15, 0.2) is 0 Å². The maximum Gasteiger partial charge on any atom is 0.227 e. The van der Waals surface area contributed by atoms with Crippen LogP contribution in [-0.2, 0) is 17.8 Å². The first-order valence-electron chi connectivity index (χ1n) is 6.53. The summed E-state index contributed by atoms with van der Waals surface area (Å²) in [4.78, 5) is 13.9. The number of carbonyl (C=O) groups excluding carboxylic acids is 1. The number of fused-ring (bicyclic) bond motifs is 1. The van der Waals surface area contributed by atoms with E-state index in [0.717, 1.165) is 37.2 Å². The minimum absolute atomic E-state index is 0.235. The normalized spacial score (nSPS) is 14.8. The fraction of sp³-hybridized carbons (Fsp3) is 0.500. The molecule has 98 valence electrons. The van der Waals surface area contributed by atoms with Crippen LogP contribution >= 0.6 is 0 Å². The highest BCUT2D eigenvalue weighted by molar-refractivity contribution is 5.96. The largest absolute Gasteiger partial charge is 0.326 e. The minimum Gasteiger partial charge on any atom is -0.326 e. The Labute approximate surface area is 108 Å². The number of hydrogen-bond donors (Lipinski definition) is 2. The van der Waals surface area contributed by atoms with Crippen LogP contribution < -0.4 is 16.0 Å². The molecule has 0 saturated heterocycles. The van der Waals surface area contributed by atoms with E-state index in [1.165, 1.54) is 5.56 Å². The highest BCUT2D eigenvalue weighted by Crippen LogP contribution is 2.28. The van der Waals surface area contributed by atoms with Gasteiger partial charge in [0, 0.05) is 25.2 Å². The van der Waals surface area contributed by atoms with Crippen LogP contribution in [0.5, 0.6) is 0 Å². The number of nitrogens with two attached hydrogens (primary N) is 1. The van der Waals surface area contributed by atoms with Gasteiger partial charge in [-0.25, -0.2) is 0 Å². The number of hydrogen-bond acceptors (Lipinski definition) is 3. The number of benzene rings is 1. The Kier molecular flexibility index (Phi) is 4.33. The molecule has 0 atom stereocenters. The maximum atomic E-state index is 12.0. The molecule has 2 rings (SSSR count). The van der Waals surface area contributed by atoms with Gasteiger partial charge in [-0.05, 0) is 43.6 Å². The van der Waals surface area contributed by atoms with Gasteiger partial charge in [0.05, 0.1) is 0 Å². The summed E-state index contributed by atoms with van der Waals surface area (Å²) in [6, 6.07) is 6.18. The van der Waals surface area contributed by atoms with Gasteiger partial charge in [0.25, 0.3) is 0 Å². The van der Waals surface area contributed by atoms with E-state index in [-0.39, 0.29) is 5.91 Å². The van der Waals surface area contributed by atoms with Crippen LogP contribution in [0.3, 0.4) is 0 Å². The third-order valence-corrected chi connectivity index (χ3v) is 3.39. The van der Waals surface area contributed by atoms with E-state index in [1.54, 1.807) is 0 Å². The van der Waals surface area contributed by atoms with Crippen LogP contribution in [0.1, 0.15) is 24.0 Å². The van der Waals surface area contributed by atoms with E-state index in [1.807, 2.05) is 24.1 Å². The summed E-state index contributed by atoms with van der Waals surface area (Å²) in [7, 11) is 1.93. The SMILES string of the molecule is CNCCCN1C(=O)CCc2cc(CN)ccc21. The van der Waals surface area contributed by atoms with Crippen LogP contribution in [-0.4, -0.2) is 26.0 Å². The predicted octanol–water partition coefficient (Wildman–Crippen LogP) is 1.03. The molecule has 1 aliphatic rings. The molecular formula is C14H21N3O. The van der Waals surface area contributed by atoms with Crippen LogP contribution in [0.2, 0.25) is 0 Å². The van der Waals surface area contributed by atoms with E-state index < -0.39 is 0 Å². The van der Waals surface area contributed by atoms with Crippen molar-refractivity contribution in [2.45, 2.75) is 25.8 Å². The molecule has 1 aromatic rings. The smallest absolute Gasteiger partial charge is 0.227 e. The van der Waals surface area contributed by atoms with Gasteiger partial charge in [0.1, 0.15) is 0 Å². The molecule has 0 fully saturated rings. The van der Waals surface area contributed by atoms with Crippen molar-refractivity contribution in [1.82, 2.24) is 5.32 Å². The molecule has 0 aromatic heterocycles. The first kappa shape index (κ1) is 13.1.